The van der Waals surface area contributed by atoms with E-state index >= 15 is 0 Å². The highest BCUT2D eigenvalue weighted by atomic mass is 16.6. The molecule has 2 nitrogen and oxygen atoms in total. The highest BCUT2D eigenvalue weighted by Gasteiger charge is 2.14. The predicted molar refractivity (Wildman–Crippen MR) is 54.4 cm³/mol. The Hall–Kier alpha value is -0.790. The van der Waals surface area contributed by atoms with Gasteiger partial charge in [-0.3, -0.25) is 0 Å². The molecule has 0 aliphatic heterocycles. The molecule has 0 aromatic carbocycles. The lowest BCUT2D eigenvalue weighted by atomic mass is 9.96. The molecule has 0 bridgehead atoms. The van der Waals surface area contributed by atoms with E-state index in [0.29, 0.717) is 0 Å². The molecule has 0 saturated heterocycles. The second-order valence-electron chi connectivity index (χ2n) is 5.23. The molecule has 0 fully saturated rings. The van der Waals surface area contributed by atoms with Crippen molar-refractivity contribution in [1.82, 2.24) is 0 Å². The van der Waals surface area contributed by atoms with Gasteiger partial charge in [-0.25, -0.2) is 4.79 Å². The smallest absolute Gasteiger partial charge is 0.330 e. The lowest BCUT2D eigenvalue weighted by molar-refractivity contribution is -0.148. The molecule has 76 valence electrons. The first-order chi connectivity index (χ1) is 5.60. The predicted octanol–water partition coefficient (Wildman–Crippen LogP) is 2.93. The van der Waals surface area contributed by atoms with Gasteiger partial charge in [-0.1, -0.05) is 26.8 Å². The molecule has 0 heterocycles. The Bertz CT molecular complexity index is 201. The van der Waals surface area contributed by atoms with Gasteiger partial charge in [-0.2, -0.15) is 0 Å². The van der Waals surface area contributed by atoms with E-state index in [9.17, 15) is 4.79 Å². The first kappa shape index (κ1) is 12.2. The largest absolute Gasteiger partial charge is 0.457 e. The average molecular weight is 184 g/mol. The second-order valence-corrected chi connectivity index (χ2v) is 5.23. The number of ether oxygens (including phenoxy) is 1. The van der Waals surface area contributed by atoms with Crippen LogP contribution in [0.1, 0.15) is 41.5 Å². The highest BCUT2D eigenvalue weighted by molar-refractivity contribution is 5.82. The van der Waals surface area contributed by atoms with Crippen LogP contribution in [-0.2, 0) is 9.53 Å². The van der Waals surface area contributed by atoms with Crippen LogP contribution >= 0.6 is 0 Å². The van der Waals surface area contributed by atoms with Crippen molar-refractivity contribution in [2.45, 2.75) is 47.1 Å². The number of esters is 1. The fourth-order valence-corrected chi connectivity index (χ4v) is 0.654. The van der Waals surface area contributed by atoms with Gasteiger partial charge in [0.1, 0.15) is 5.60 Å². The molecule has 0 N–H and O–H groups in total. The third kappa shape index (κ3) is 9.12. The minimum atomic E-state index is -0.403. The number of allylic oxidation sites excluding steroid dienone is 1. The van der Waals surface area contributed by atoms with Crippen molar-refractivity contribution in [3.63, 3.8) is 0 Å². The van der Waals surface area contributed by atoms with E-state index in [4.69, 9.17) is 4.74 Å². The molecular weight excluding hydrogens is 164 g/mol. The Morgan fingerprint density at radius 3 is 1.85 bits per heavy atom. The highest BCUT2D eigenvalue weighted by Crippen LogP contribution is 2.15. The summed E-state index contributed by atoms with van der Waals surface area (Å²) < 4.78 is 5.11. The fourth-order valence-electron chi connectivity index (χ4n) is 0.654. The fraction of sp³-hybridized carbons (Fsp3) is 0.727. The van der Waals surface area contributed by atoms with Crippen molar-refractivity contribution in [3.05, 3.63) is 12.2 Å². The molecule has 2 heteroatoms. The topological polar surface area (TPSA) is 26.3 Å². The van der Waals surface area contributed by atoms with Crippen LogP contribution in [0.15, 0.2) is 12.2 Å². The van der Waals surface area contributed by atoms with Gasteiger partial charge in [0.05, 0.1) is 0 Å². The van der Waals surface area contributed by atoms with Gasteiger partial charge >= 0.3 is 5.97 Å². The van der Waals surface area contributed by atoms with Crippen LogP contribution in [0, 0.1) is 5.41 Å². The van der Waals surface area contributed by atoms with Crippen LogP contribution < -0.4 is 0 Å². The van der Waals surface area contributed by atoms with Gasteiger partial charge in [0.25, 0.3) is 0 Å². The van der Waals surface area contributed by atoms with Gasteiger partial charge in [0.15, 0.2) is 0 Å². The SMILES string of the molecule is CC(C)(C)/C=C\C(=O)OC(C)(C)C. The lowest BCUT2D eigenvalue weighted by Crippen LogP contribution is -2.22. The quantitative estimate of drug-likeness (QED) is 0.462. The van der Waals surface area contributed by atoms with Crippen LogP contribution in [0.5, 0.6) is 0 Å². The maximum absolute atomic E-state index is 11.2. The van der Waals surface area contributed by atoms with Gasteiger partial charge < -0.3 is 4.74 Å². The van der Waals surface area contributed by atoms with E-state index in [0.717, 1.165) is 0 Å². The first-order valence-corrected chi connectivity index (χ1v) is 4.52. The lowest BCUT2D eigenvalue weighted by Gasteiger charge is -2.18. The van der Waals surface area contributed by atoms with Gasteiger partial charge in [0.2, 0.25) is 0 Å². The first-order valence-electron chi connectivity index (χ1n) is 4.52. The molecule has 0 atom stereocenters. The summed E-state index contributed by atoms with van der Waals surface area (Å²) in [6.07, 6.45) is 3.34. The monoisotopic (exact) mass is 184 g/mol. The number of hydrogen-bond acceptors (Lipinski definition) is 2. The zero-order valence-electron chi connectivity index (χ0n) is 9.47. The Kier molecular flexibility index (Phi) is 3.71. The van der Waals surface area contributed by atoms with Crippen LogP contribution in [-0.4, -0.2) is 11.6 Å². The van der Waals surface area contributed by atoms with Crippen molar-refractivity contribution in [3.8, 4) is 0 Å². The van der Waals surface area contributed by atoms with Crippen molar-refractivity contribution in [2.75, 3.05) is 0 Å². The molecule has 0 aromatic rings. The number of carbonyl (C=O) groups is 1. The van der Waals surface area contributed by atoms with Gasteiger partial charge in [-0.05, 0) is 26.2 Å². The molecule has 0 saturated carbocycles. The van der Waals surface area contributed by atoms with E-state index < -0.39 is 5.60 Å². The Balaban J connectivity index is 4.11. The summed E-state index contributed by atoms with van der Waals surface area (Å²) in [5.74, 6) is -0.276. The number of rotatable bonds is 1. The maximum atomic E-state index is 11.2. The van der Waals surface area contributed by atoms with Gasteiger partial charge in [-0.15, -0.1) is 0 Å². The average Bonchev–Trinajstić information content (AvgIpc) is 1.78. The summed E-state index contributed by atoms with van der Waals surface area (Å²) in [6.45, 7) is 11.7. The molecule has 0 spiro atoms. The summed E-state index contributed by atoms with van der Waals surface area (Å²) >= 11 is 0. The Labute approximate surface area is 81.0 Å². The Morgan fingerprint density at radius 1 is 1.08 bits per heavy atom. The molecule has 0 aliphatic rings. The minimum Gasteiger partial charge on any atom is -0.457 e. The summed E-state index contributed by atoms with van der Waals surface area (Å²) in [5, 5.41) is 0. The third-order valence-electron chi connectivity index (χ3n) is 1.13. The molecule has 0 unspecified atom stereocenters. The van der Waals surface area contributed by atoms with Crippen LogP contribution in [0.3, 0.4) is 0 Å². The maximum Gasteiger partial charge on any atom is 0.330 e. The molecule has 0 rings (SSSR count). The van der Waals surface area contributed by atoms with Crippen LogP contribution in [0.4, 0.5) is 0 Å². The van der Waals surface area contributed by atoms with Crippen LogP contribution in [0.2, 0.25) is 0 Å². The minimum absolute atomic E-state index is 0.0247. The number of hydrogen-bond donors (Lipinski definition) is 0. The zero-order chi connectivity index (χ0) is 10.7. The standard InChI is InChI=1S/C11H20O2/c1-10(2,3)8-7-9(12)13-11(4,5)6/h7-8H,1-6H3/b8-7-. The van der Waals surface area contributed by atoms with Crippen LogP contribution in [0.25, 0.3) is 0 Å². The summed E-state index contributed by atoms with van der Waals surface area (Å²) in [7, 11) is 0. The third-order valence-corrected chi connectivity index (χ3v) is 1.13. The molecule has 0 amide bonds. The zero-order valence-corrected chi connectivity index (χ0v) is 9.47. The van der Waals surface area contributed by atoms with Gasteiger partial charge in [0, 0.05) is 6.08 Å². The summed E-state index contributed by atoms with van der Waals surface area (Å²) in [6, 6.07) is 0. The van der Waals surface area contributed by atoms with E-state index in [1.165, 1.54) is 6.08 Å². The van der Waals surface area contributed by atoms with E-state index in [1.807, 2.05) is 47.6 Å². The van der Waals surface area contributed by atoms with Crippen molar-refractivity contribution < 1.29 is 9.53 Å². The normalized spacial score (nSPS) is 13.4. The molecule has 0 aliphatic carbocycles. The molecule has 0 aromatic heterocycles. The van der Waals surface area contributed by atoms with Crippen molar-refractivity contribution in [1.29, 1.82) is 0 Å². The van der Waals surface area contributed by atoms with Crippen molar-refractivity contribution in [2.24, 2.45) is 5.41 Å². The molecular formula is C11H20O2. The van der Waals surface area contributed by atoms with Crippen molar-refractivity contribution >= 4 is 5.97 Å². The second kappa shape index (κ2) is 3.95. The van der Waals surface area contributed by atoms with E-state index in [-0.39, 0.29) is 11.4 Å². The Morgan fingerprint density at radius 2 is 1.54 bits per heavy atom. The summed E-state index contributed by atoms with van der Waals surface area (Å²) in [4.78, 5) is 11.2. The molecule has 13 heavy (non-hydrogen) atoms. The number of carbonyl (C=O) groups excluding carboxylic acids is 1. The summed E-state index contributed by atoms with van der Waals surface area (Å²) in [5.41, 5.74) is -0.379. The van der Waals surface area contributed by atoms with E-state index in [2.05, 4.69) is 0 Å². The molecule has 0 radical (unpaired) electrons. The van der Waals surface area contributed by atoms with E-state index in [1.54, 1.807) is 0 Å².